The number of alkyl halides is 1. The van der Waals surface area contributed by atoms with E-state index >= 15 is 0 Å². The molecule has 0 unspecified atom stereocenters. The van der Waals surface area contributed by atoms with Gasteiger partial charge in [-0.3, -0.25) is 4.79 Å². The predicted octanol–water partition coefficient (Wildman–Crippen LogP) is 2.98. The average molecular weight is 326 g/mol. The Morgan fingerprint density at radius 2 is 2.05 bits per heavy atom. The fourth-order valence-corrected chi connectivity index (χ4v) is 3.13. The van der Waals surface area contributed by atoms with E-state index in [0.29, 0.717) is 13.2 Å². The zero-order valence-corrected chi connectivity index (χ0v) is 13.0. The van der Waals surface area contributed by atoms with Crippen LogP contribution in [0.1, 0.15) is 34.3 Å². The molecule has 0 saturated carbocycles. The molecular formula is C15H20BrNO2. The number of ether oxygens (including phenoxy) is 1. The summed E-state index contributed by atoms with van der Waals surface area (Å²) in [5, 5.41) is 3.96. The number of aryl methyl sites for hydroxylation is 2. The average Bonchev–Trinajstić information content (AvgIpc) is 2.39. The fraction of sp³-hybridized carbons (Fsp3) is 0.533. The van der Waals surface area contributed by atoms with Crippen molar-refractivity contribution >= 4 is 21.8 Å². The van der Waals surface area contributed by atoms with Crippen molar-refractivity contribution in [2.75, 3.05) is 18.5 Å². The van der Waals surface area contributed by atoms with Gasteiger partial charge in [0.1, 0.15) is 0 Å². The minimum atomic E-state index is -0.174. The molecule has 1 saturated heterocycles. The quantitative estimate of drug-likeness (QED) is 0.867. The monoisotopic (exact) mass is 325 g/mol. The van der Waals surface area contributed by atoms with Crippen LogP contribution in [0.15, 0.2) is 18.2 Å². The molecule has 1 aliphatic heterocycles. The summed E-state index contributed by atoms with van der Waals surface area (Å²) in [5.74, 6) is 0.0128. The van der Waals surface area contributed by atoms with E-state index in [9.17, 15) is 4.79 Å². The van der Waals surface area contributed by atoms with Gasteiger partial charge in [0.05, 0.1) is 5.54 Å². The molecule has 0 atom stereocenters. The van der Waals surface area contributed by atoms with Crippen LogP contribution in [0.3, 0.4) is 0 Å². The first-order valence-electron chi connectivity index (χ1n) is 6.60. The Hall–Kier alpha value is -0.870. The number of rotatable bonds is 3. The van der Waals surface area contributed by atoms with Gasteiger partial charge in [0.25, 0.3) is 5.91 Å². The van der Waals surface area contributed by atoms with Gasteiger partial charge < -0.3 is 10.1 Å². The SMILES string of the molecule is Cc1ccc(C(=O)NC2(CBr)CCOCC2)c(C)c1. The summed E-state index contributed by atoms with van der Waals surface area (Å²) in [4.78, 5) is 12.4. The standard InChI is InChI=1S/C15H20BrNO2/c1-11-3-4-13(12(2)9-11)14(18)17-15(10-16)5-7-19-8-6-15/h3-4,9H,5-8,10H2,1-2H3,(H,17,18). The van der Waals surface area contributed by atoms with Crippen LogP contribution >= 0.6 is 15.9 Å². The van der Waals surface area contributed by atoms with E-state index in [4.69, 9.17) is 4.74 Å². The molecule has 2 rings (SSSR count). The lowest BCUT2D eigenvalue weighted by Gasteiger charge is -2.36. The maximum atomic E-state index is 12.4. The van der Waals surface area contributed by atoms with Gasteiger partial charge in [-0.1, -0.05) is 33.6 Å². The second kappa shape index (κ2) is 6.06. The Balaban J connectivity index is 2.15. The maximum Gasteiger partial charge on any atom is 0.252 e. The van der Waals surface area contributed by atoms with Gasteiger partial charge in [-0.15, -0.1) is 0 Å². The number of nitrogens with one attached hydrogen (secondary N) is 1. The first-order chi connectivity index (χ1) is 9.06. The smallest absolute Gasteiger partial charge is 0.252 e. The summed E-state index contributed by atoms with van der Waals surface area (Å²) in [6.45, 7) is 5.43. The molecule has 0 spiro atoms. The Labute approximate surface area is 122 Å². The van der Waals surface area contributed by atoms with Crippen molar-refractivity contribution in [3.8, 4) is 0 Å². The van der Waals surface area contributed by atoms with Gasteiger partial charge in [0.15, 0.2) is 0 Å². The zero-order chi connectivity index (χ0) is 13.9. The van der Waals surface area contributed by atoms with E-state index in [1.165, 1.54) is 5.56 Å². The third-order valence-electron chi connectivity index (χ3n) is 3.71. The van der Waals surface area contributed by atoms with E-state index in [1.54, 1.807) is 0 Å². The van der Waals surface area contributed by atoms with Crippen molar-refractivity contribution in [2.45, 2.75) is 32.2 Å². The van der Waals surface area contributed by atoms with Crippen molar-refractivity contribution in [1.29, 1.82) is 0 Å². The highest BCUT2D eigenvalue weighted by molar-refractivity contribution is 9.09. The van der Waals surface area contributed by atoms with Crippen LogP contribution in [0.5, 0.6) is 0 Å². The lowest BCUT2D eigenvalue weighted by molar-refractivity contribution is 0.0441. The van der Waals surface area contributed by atoms with Crippen molar-refractivity contribution in [3.63, 3.8) is 0 Å². The summed E-state index contributed by atoms with van der Waals surface area (Å²) in [6, 6.07) is 5.92. The molecule has 4 heteroatoms. The van der Waals surface area contributed by atoms with E-state index in [2.05, 4.69) is 21.2 Å². The second-order valence-electron chi connectivity index (χ2n) is 5.30. The van der Waals surface area contributed by atoms with Gasteiger partial charge in [0.2, 0.25) is 0 Å². The highest BCUT2D eigenvalue weighted by Crippen LogP contribution is 2.24. The number of hydrogen-bond donors (Lipinski definition) is 1. The largest absolute Gasteiger partial charge is 0.381 e. The Morgan fingerprint density at radius 3 is 2.63 bits per heavy atom. The van der Waals surface area contributed by atoms with E-state index in [0.717, 1.165) is 29.3 Å². The topological polar surface area (TPSA) is 38.3 Å². The van der Waals surface area contributed by atoms with Gasteiger partial charge in [-0.05, 0) is 38.3 Å². The van der Waals surface area contributed by atoms with Crippen LogP contribution in [-0.2, 0) is 4.74 Å². The van der Waals surface area contributed by atoms with Crippen molar-refractivity contribution in [3.05, 3.63) is 34.9 Å². The highest BCUT2D eigenvalue weighted by Gasteiger charge is 2.33. The van der Waals surface area contributed by atoms with Gasteiger partial charge in [-0.25, -0.2) is 0 Å². The molecule has 104 valence electrons. The molecule has 1 N–H and O–H groups in total. The first kappa shape index (κ1) is 14.5. The van der Waals surface area contributed by atoms with Crippen molar-refractivity contribution < 1.29 is 9.53 Å². The lowest BCUT2D eigenvalue weighted by atomic mass is 9.91. The normalized spacial score (nSPS) is 18.1. The van der Waals surface area contributed by atoms with Crippen LogP contribution in [0, 0.1) is 13.8 Å². The number of hydrogen-bond acceptors (Lipinski definition) is 2. The molecule has 3 nitrogen and oxygen atoms in total. The summed E-state index contributed by atoms with van der Waals surface area (Å²) in [5.41, 5.74) is 2.79. The third kappa shape index (κ3) is 3.37. The zero-order valence-electron chi connectivity index (χ0n) is 11.5. The van der Waals surface area contributed by atoms with Gasteiger partial charge >= 0.3 is 0 Å². The second-order valence-corrected chi connectivity index (χ2v) is 5.86. The molecule has 1 aromatic carbocycles. The molecule has 1 aromatic rings. The van der Waals surface area contributed by atoms with Crippen LogP contribution in [-0.4, -0.2) is 30.0 Å². The molecule has 1 aliphatic rings. The van der Waals surface area contributed by atoms with Gasteiger partial charge in [-0.2, -0.15) is 0 Å². The van der Waals surface area contributed by atoms with Crippen molar-refractivity contribution in [2.24, 2.45) is 0 Å². The van der Waals surface area contributed by atoms with Crippen LogP contribution in [0.25, 0.3) is 0 Å². The number of benzene rings is 1. The molecule has 0 radical (unpaired) electrons. The van der Waals surface area contributed by atoms with E-state index in [1.807, 2.05) is 32.0 Å². The molecule has 19 heavy (non-hydrogen) atoms. The van der Waals surface area contributed by atoms with Crippen LogP contribution in [0.4, 0.5) is 0 Å². The fourth-order valence-electron chi connectivity index (χ4n) is 2.43. The molecule has 1 amide bonds. The summed E-state index contributed by atoms with van der Waals surface area (Å²) in [7, 11) is 0. The highest BCUT2D eigenvalue weighted by atomic mass is 79.9. The van der Waals surface area contributed by atoms with Gasteiger partial charge in [0, 0.05) is 24.1 Å². The number of carbonyl (C=O) groups is 1. The van der Waals surface area contributed by atoms with E-state index in [-0.39, 0.29) is 11.4 Å². The molecule has 1 fully saturated rings. The molecule has 0 bridgehead atoms. The van der Waals surface area contributed by atoms with Crippen LogP contribution in [0.2, 0.25) is 0 Å². The maximum absolute atomic E-state index is 12.4. The lowest BCUT2D eigenvalue weighted by Crippen LogP contribution is -2.53. The molecule has 0 aromatic heterocycles. The first-order valence-corrected chi connectivity index (χ1v) is 7.72. The minimum absolute atomic E-state index is 0.0128. The summed E-state index contributed by atoms with van der Waals surface area (Å²) >= 11 is 3.53. The molecule has 0 aliphatic carbocycles. The third-order valence-corrected chi connectivity index (χ3v) is 4.78. The minimum Gasteiger partial charge on any atom is -0.381 e. The van der Waals surface area contributed by atoms with Crippen LogP contribution < -0.4 is 5.32 Å². The summed E-state index contributed by atoms with van der Waals surface area (Å²) < 4.78 is 5.38. The number of carbonyl (C=O) groups excluding carboxylic acids is 1. The van der Waals surface area contributed by atoms with E-state index < -0.39 is 0 Å². The van der Waals surface area contributed by atoms with Crippen molar-refractivity contribution in [1.82, 2.24) is 5.32 Å². The Bertz CT molecular complexity index is 467. The summed E-state index contributed by atoms with van der Waals surface area (Å²) in [6.07, 6.45) is 1.71. The molecule has 1 heterocycles. The predicted molar refractivity (Wildman–Crippen MR) is 80.0 cm³/mol. The number of amides is 1. The molecular weight excluding hydrogens is 306 g/mol. The number of halogens is 1. The Kier molecular flexibility index (Phi) is 4.63. The Morgan fingerprint density at radius 1 is 1.37 bits per heavy atom.